The maximum absolute atomic E-state index is 6.49. The molecular weight excluding hydrogens is 420 g/mol. The van der Waals surface area contributed by atoms with Crippen molar-refractivity contribution in [2.75, 3.05) is 13.7 Å². The molecule has 0 saturated carbocycles. The largest absolute Gasteiger partial charge is 0.414 e. The van der Waals surface area contributed by atoms with Gasteiger partial charge in [-0.3, -0.25) is 0 Å². The molecule has 6 heteroatoms. The molecule has 5 nitrogen and oxygen atoms in total. The Labute approximate surface area is 194 Å². The van der Waals surface area contributed by atoms with E-state index in [4.69, 9.17) is 23.4 Å². The Morgan fingerprint density at radius 2 is 1.31 bits per heavy atom. The van der Waals surface area contributed by atoms with Crippen LogP contribution in [0.2, 0.25) is 18.1 Å². The first-order chi connectivity index (χ1) is 15.2. The summed E-state index contributed by atoms with van der Waals surface area (Å²) >= 11 is 0. The molecule has 1 aliphatic heterocycles. The van der Waals surface area contributed by atoms with E-state index in [0.29, 0.717) is 19.8 Å². The van der Waals surface area contributed by atoms with Crippen molar-refractivity contribution in [1.82, 2.24) is 0 Å². The fraction of sp³-hybridized carbons (Fsp3) is 0.538. The quantitative estimate of drug-likeness (QED) is 0.437. The molecule has 0 spiro atoms. The van der Waals surface area contributed by atoms with Gasteiger partial charge in [0.2, 0.25) is 0 Å². The summed E-state index contributed by atoms with van der Waals surface area (Å²) in [5, 5.41) is 0.121. The van der Waals surface area contributed by atoms with Crippen molar-refractivity contribution in [3.05, 3.63) is 71.8 Å². The van der Waals surface area contributed by atoms with Gasteiger partial charge in [0.15, 0.2) is 14.6 Å². The van der Waals surface area contributed by atoms with Crippen molar-refractivity contribution in [2.45, 2.75) is 76.7 Å². The molecule has 1 fully saturated rings. The summed E-state index contributed by atoms with van der Waals surface area (Å²) in [6.07, 6.45) is -1.42. The van der Waals surface area contributed by atoms with E-state index in [9.17, 15) is 0 Å². The van der Waals surface area contributed by atoms with Crippen LogP contribution in [0.25, 0.3) is 0 Å². The van der Waals surface area contributed by atoms with Gasteiger partial charge in [0.1, 0.15) is 18.3 Å². The summed E-state index contributed by atoms with van der Waals surface area (Å²) in [5.41, 5.74) is 2.21. The lowest BCUT2D eigenvalue weighted by Gasteiger charge is -2.37. The lowest BCUT2D eigenvalue weighted by Crippen LogP contribution is -2.45. The highest BCUT2D eigenvalue weighted by Gasteiger charge is 2.48. The minimum absolute atomic E-state index is 0.121. The molecule has 176 valence electrons. The predicted molar refractivity (Wildman–Crippen MR) is 129 cm³/mol. The second kappa shape index (κ2) is 11.1. The van der Waals surface area contributed by atoms with E-state index in [2.05, 4.69) is 58.1 Å². The van der Waals surface area contributed by atoms with Crippen LogP contribution >= 0.6 is 0 Å². The van der Waals surface area contributed by atoms with Crippen molar-refractivity contribution >= 4 is 8.32 Å². The van der Waals surface area contributed by atoms with Crippen molar-refractivity contribution in [3.63, 3.8) is 0 Å². The third-order valence-electron chi connectivity index (χ3n) is 6.48. The molecule has 4 atom stereocenters. The highest BCUT2D eigenvalue weighted by molar-refractivity contribution is 6.74. The molecule has 1 aliphatic rings. The highest BCUT2D eigenvalue weighted by atomic mass is 28.4. The Balaban J connectivity index is 1.73. The van der Waals surface area contributed by atoms with Crippen LogP contribution in [0.4, 0.5) is 0 Å². The zero-order chi connectivity index (χ0) is 23.2. The summed E-state index contributed by atoms with van der Waals surface area (Å²) in [7, 11) is -0.284. The molecule has 1 heterocycles. The molecule has 0 bridgehead atoms. The Morgan fingerprint density at radius 1 is 0.812 bits per heavy atom. The standard InChI is InChI=1S/C26H38O5Si/c1-26(2,3)32(5,6)30-19-22-23(28-17-20-13-9-7-10-14-20)24(25(27-4)31-22)29-18-21-15-11-8-12-16-21/h7-16,22-25H,17-19H2,1-6H3/t22-,23-,24+,25?/m1/s1. The molecule has 0 N–H and O–H groups in total. The van der Waals surface area contributed by atoms with E-state index in [0.717, 1.165) is 11.1 Å². The van der Waals surface area contributed by atoms with Crippen LogP contribution in [0.5, 0.6) is 0 Å². The maximum atomic E-state index is 6.49. The van der Waals surface area contributed by atoms with Crippen molar-refractivity contribution < 1.29 is 23.4 Å². The van der Waals surface area contributed by atoms with Gasteiger partial charge in [-0.1, -0.05) is 81.4 Å². The number of hydrogen-bond donors (Lipinski definition) is 0. The SMILES string of the molecule is COC1O[C@H](CO[Si](C)(C)C(C)(C)C)[C@@H](OCc2ccccc2)[C@@H]1OCc1ccccc1. The van der Waals surface area contributed by atoms with E-state index in [1.165, 1.54) is 0 Å². The van der Waals surface area contributed by atoms with E-state index in [1.807, 2.05) is 36.4 Å². The van der Waals surface area contributed by atoms with Crippen LogP contribution in [0, 0.1) is 0 Å². The first-order valence-electron chi connectivity index (χ1n) is 11.3. The molecule has 1 saturated heterocycles. The second-order valence-electron chi connectivity index (χ2n) is 9.87. The maximum Gasteiger partial charge on any atom is 0.192 e. The van der Waals surface area contributed by atoms with Crippen molar-refractivity contribution in [1.29, 1.82) is 0 Å². The lowest BCUT2D eigenvalue weighted by atomic mass is 10.1. The molecule has 0 amide bonds. The van der Waals surface area contributed by atoms with Gasteiger partial charge in [0.25, 0.3) is 0 Å². The summed E-state index contributed by atoms with van der Waals surface area (Å²) in [4.78, 5) is 0. The number of ether oxygens (including phenoxy) is 4. The molecule has 0 aromatic heterocycles. The minimum atomic E-state index is -1.93. The topological polar surface area (TPSA) is 46.2 Å². The van der Waals surface area contributed by atoms with E-state index in [-0.39, 0.29) is 23.4 Å². The van der Waals surface area contributed by atoms with Gasteiger partial charge in [-0.05, 0) is 29.3 Å². The Bertz CT molecular complexity index is 806. The predicted octanol–water partition coefficient (Wildman–Crippen LogP) is 5.55. The fourth-order valence-electron chi connectivity index (χ4n) is 3.43. The van der Waals surface area contributed by atoms with Crippen molar-refractivity contribution in [3.8, 4) is 0 Å². The zero-order valence-corrected chi connectivity index (χ0v) is 21.2. The fourth-order valence-corrected chi connectivity index (χ4v) is 4.45. The van der Waals surface area contributed by atoms with E-state index in [1.54, 1.807) is 7.11 Å². The number of benzene rings is 2. The van der Waals surface area contributed by atoms with Crippen LogP contribution in [0.15, 0.2) is 60.7 Å². The Morgan fingerprint density at radius 3 is 1.78 bits per heavy atom. The van der Waals surface area contributed by atoms with E-state index >= 15 is 0 Å². The van der Waals surface area contributed by atoms with Crippen LogP contribution in [0.1, 0.15) is 31.9 Å². The van der Waals surface area contributed by atoms with Crippen LogP contribution in [-0.2, 0) is 36.6 Å². The molecule has 0 aliphatic carbocycles. The first-order valence-corrected chi connectivity index (χ1v) is 14.3. The highest BCUT2D eigenvalue weighted by Crippen LogP contribution is 2.38. The summed E-state index contributed by atoms with van der Waals surface area (Å²) in [6.45, 7) is 12.6. The van der Waals surface area contributed by atoms with Gasteiger partial charge < -0.3 is 23.4 Å². The van der Waals surface area contributed by atoms with Gasteiger partial charge in [-0.2, -0.15) is 0 Å². The second-order valence-corrected chi connectivity index (χ2v) is 14.7. The molecule has 32 heavy (non-hydrogen) atoms. The number of rotatable bonds is 10. The molecule has 0 radical (unpaired) electrons. The van der Waals surface area contributed by atoms with Crippen LogP contribution in [-0.4, -0.2) is 46.6 Å². The third kappa shape index (κ3) is 6.50. The van der Waals surface area contributed by atoms with Crippen molar-refractivity contribution in [2.24, 2.45) is 0 Å². The molecular formula is C26H38O5Si. The van der Waals surface area contributed by atoms with Gasteiger partial charge in [0, 0.05) is 7.11 Å². The molecule has 2 aromatic carbocycles. The Hall–Kier alpha value is -1.54. The first kappa shape index (κ1) is 25.1. The van der Waals surface area contributed by atoms with Gasteiger partial charge in [-0.15, -0.1) is 0 Å². The third-order valence-corrected chi connectivity index (χ3v) is 11.0. The summed E-state index contributed by atoms with van der Waals surface area (Å²) in [6, 6.07) is 20.3. The van der Waals surface area contributed by atoms with Gasteiger partial charge >= 0.3 is 0 Å². The smallest absolute Gasteiger partial charge is 0.192 e. The zero-order valence-electron chi connectivity index (χ0n) is 20.2. The average molecular weight is 459 g/mol. The summed E-state index contributed by atoms with van der Waals surface area (Å²) < 4.78 is 31.1. The number of methoxy groups -OCH3 is 1. The lowest BCUT2D eigenvalue weighted by molar-refractivity contribution is -0.168. The van der Waals surface area contributed by atoms with Gasteiger partial charge in [-0.25, -0.2) is 0 Å². The summed E-state index contributed by atoms with van der Waals surface area (Å²) in [5.74, 6) is 0. The Kier molecular flexibility index (Phi) is 8.66. The molecule has 2 aromatic rings. The molecule has 1 unspecified atom stereocenters. The minimum Gasteiger partial charge on any atom is -0.414 e. The van der Waals surface area contributed by atoms with Crippen LogP contribution in [0.3, 0.4) is 0 Å². The van der Waals surface area contributed by atoms with E-state index < -0.39 is 14.6 Å². The monoisotopic (exact) mass is 458 g/mol. The molecule has 3 rings (SSSR count). The average Bonchev–Trinajstić information content (AvgIpc) is 3.12. The number of hydrogen-bond acceptors (Lipinski definition) is 5. The normalized spacial score (nSPS) is 24.1. The van der Waals surface area contributed by atoms with Crippen LogP contribution < -0.4 is 0 Å². The van der Waals surface area contributed by atoms with Gasteiger partial charge in [0.05, 0.1) is 19.8 Å².